The quantitative estimate of drug-likeness (QED) is 0.844. The summed E-state index contributed by atoms with van der Waals surface area (Å²) in [6.45, 7) is 7.25. The molecular weight excluding hydrogens is 216 g/mol. The summed E-state index contributed by atoms with van der Waals surface area (Å²) in [4.78, 5) is 4.52. The van der Waals surface area contributed by atoms with Crippen molar-refractivity contribution in [3.63, 3.8) is 0 Å². The first kappa shape index (κ1) is 12.3. The Kier molecular flexibility index (Phi) is 4.34. The first-order chi connectivity index (χ1) is 8.29. The zero-order chi connectivity index (χ0) is 12.1. The van der Waals surface area contributed by atoms with E-state index in [1.165, 1.54) is 0 Å². The van der Waals surface area contributed by atoms with Crippen LogP contribution in [-0.2, 0) is 11.3 Å². The lowest BCUT2D eigenvalue weighted by molar-refractivity contribution is 0.140. The van der Waals surface area contributed by atoms with Crippen LogP contribution in [0.3, 0.4) is 0 Å². The van der Waals surface area contributed by atoms with Gasteiger partial charge in [-0.1, -0.05) is 6.92 Å². The normalized spacial score (nSPS) is 19.5. The molecule has 1 N–H and O–H groups in total. The number of aryl methyl sites for hydroxylation is 1. The SMILES string of the molecule is CCNCc1nc(C)ccc1OC1CCOC1. The average molecular weight is 236 g/mol. The van der Waals surface area contributed by atoms with E-state index in [9.17, 15) is 0 Å². The van der Waals surface area contributed by atoms with Crippen molar-refractivity contribution in [1.82, 2.24) is 10.3 Å². The van der Waals surface area contributed by atoms with E-state index < -0.39 is 0 Å². The zero-order valence-electron chi connectivity index (χ0n) is 10.5. The molecule has 1 atom stereocenters. The molecule has 4 heteroatoms. The van der Waals surface area contributed by atoms with Crippen molar-refractivity contribution in [2.75, 3.05) is 19.8 Å². The van der Waals surface area contributed by atoms with Gasteiger partial charge >= 0.3 is 0 Å². The van der Waals surface area contributed by atoms with E-state index >= 15 is 0 Å². The largest absolute Gasteiger partial charge is 0.486 e. The summed E-state index contributed by atoms with van der Waals surface area (Å²) in [5.74, 6) is 0.882. The third kappa shape index (κ3) is 3.41. The number of pyridine rings is 1. The summed E-state index contributed by atoms with van der Waals surface area (Å²) in [7, 11) is 0. The minimum atomic E-state index is 0.180. The molecule has 94 valence electrons. The van der Waals surface area contributed by atoms with E-state index in [2.05, 4.69) is 17.2 Å². The molecule has 2 heterocycles. The van der Waals surface area contributed by atoms with Crippen molar-refractivity contribution in [3.8, 4) is 5.75 Å². The lowest BCUT2D eigenvalue weighted by Crippen LogP contribution is -2.19. The molecule has 1 saturated heterocycles. The molecule has 1 aliphatic heterocycles. The second-order valence-corrected chi connectivity index (χ2v) is 4.28. The van der Waals surface area contributed by atoms with Crippen LogP contribution < -0.4 is 10.1 Å². The van der Waals surface area contributed by atoms with Gasteiger partial charge in [0.15, 0.2) is 0 Å². The second-order valence-electron chi connectivity index (χ2n) is 4.28. The molecule has 1 fully saturated rings. The van der Waals surface area contributed by atoms with Crippen LogP contribution in [0.2, 0.25) is 0 Å². The van der Waals surface area contributed by atoms with Crippen molar-refractivity contribution >= 4 is 0 Å². The van der Waals surface area contributed by atoms with Gasteiger partial charge in [0.1, 0.15) is 11.9 Å². The van der Waals surface area contributed by atoms with Gasteiger partial charge in [0.2, 0.25) is 0 Å². The van der Waals surface area contributed by atoms with E-state index in [0.29, 0.717) is 6.61 Å². The number of hydrogen-bond acceptors (Lipinski definition) is 4. The fourth-order valence-electron chi connectivity index (χ4n) is 1.86. The predicted octanol–water partition coefficient (Wildman–Crippen LogP) is 1.67. The monoisotopic (exact) mass is 236 g/mol. The zero-order valence-corrected chi connectivity index (χ0v) is 10.5. The maximum atomic E-state index is 5.93. The summed E-state index contributed by atoms with van der Waals surface area (Å²) in [5, 5.41) is 3.28. The van der Waals surface area contributed by atoms with Gasteiger partial charge in [-0.25, -0.2) is 0 Å². The molecule has 0 amide bonds. The predicted molar refractivity (Wildman–Crippen MR) is 66.2 cm³/mol. The van der Waals surface area contributed by atoms with Gasteiger partial charge in [-0.3, -0.25) is 4.98 Å². The Labute approximate surface area is 102 Å². The van der Waals surface area contributed by atoms with E-state index in [1.807, 2.05) is 19.1 Å². The highest BCUT2D eigenvalue weighted by Crippen LogP contribution is 2.21. The molecule has 4 nitrogen and oxygen atoms in total. The van der Waals surface area contributed by atoms with Crippen molar-refractivity contribution in [3.05, 3.63) is 23.5 Å². The Balaban J connectivity index is 2.07. The molecule has 1 aromatic heterocycles. The Morgan fingerprint density at radius 2 is 2.41 bits per heavy atom. The third-order valence-electron chi connectivity index (χ3n) is 2.80. The molecule has 0 spiro atoms. The number of ether oxygens (including phenoxy) is 2. The van der Waals surface area contributed by atoms with Gasteiger partial charge in [-0.05, 0) is 25.6 Å². The van der Waals surface area contributed by atoms with Crippen molar-refractivity contribution in [1.29, 1.82) is 0 Å². The number of aromatic nitrogens is 1. The van der Waals surface area contributed by atoms with Crippen molar-refractivity contribution in [2.45, 2.75) is 32.9 Å². The van der Waals surface area contributed by atoms with Crippen LogP contribution in [0.4, 0.5) is 0 Å². The van der Waals surface area contributed by atoms with Gasteiger partial charge < -0.3 is 14.8 Å². The number of nitrogens with zero attached hydrogens (tertiary/aromatic N) is 1. The highest BCUT2D eigenvalue weighted by Gasteiger charge is 2.18. The maximum Gasteiger partial charge on any atom is 0.142 e. The van der Waals surface area contributed by atoms with E-state index in [4.69, 9.17) is 9.47 Å². The number of nitrogens with one attached hydrogen (secondary N) is 1. The van der Waals surface area contributed by atoms with Crippen LogP contribution in [0.1, 0.15) is 24.7 Å². The Hall–Kier alpha value is -1.13. The van der Waals surface area contributed by atoms with Gasteiger partial charge in [0.25, 0.3) is 0 Å². The van der Waals surface area contributed by atoms with Gasteiger partial charge in [0, 0.05) is 18.7 Å². The van der Waals surface area contributed by atoms with Gasteiger partial charge in [0.05, 0.1) is 18.9 Å². The molecule has 0 saturated carbocycles. The van der Waals surface area contributed by atoms with Crippen LogP contribution in [0.15, 0.2) is 12.1 Å². The minimum absolute atomic E-state index is 0.180. The summed E-state index contributed by atoms with van der Waals surface area (Å²) in [6.07, 6.45) is 1.15. The fraction of sp³-hybridized carbons (Fsp3) is 0.615. The van der Waals surface area contributed by atoms with Gasteiger partial charge in [-0.15, -0.1) is 0 Å². The lowest BCUT2D eigenvalue weighted by atomic mass is 10.2. The van der Waals surface area contributed by atoms with Crippen LogP contribution in [-0.4, -0.2) is 30.8 Å². The standard InChI is InChI=1S/C13H20N2O2/c1-3-14-8-12-13(5-4-10(2)15-12)17-11-6-7-16-9-11/h4-5,11,14H,3,6-9H2,1-2H3. The second kappa shape index (κ2) is 5.98. The van der Waals surface area contributed by atoms with Crippen LogP contribution in [0, 0.1) is 6.92 Å². The average Bonchev–Trinajstić information content (AvgIpc) is 2.82. The molecular formula is C13H20N2O2. The summed E-state index contributed by atoms with van der Waals surface area (Å²) in [6, 6.07) is 3.99. The van der Waals surface area contributed by atoms with E-state index in [-0.39, 0.29) is 6.10 Å². The van der Waals surface area contributed by atoms with Crippen molar-refractivity contribution < 1.29 is 9.47 Å². The Morgan fingerprint density at radius 1 is 1.53 bits per heavy atom. The lowest BCUT2D eigenvalue weighted by Gasteiger charge is -2.15. The molecule has 1 unspecified atom stereocenters. The molecule has 1 aliphatic rings. The Bertz CT molecular complexity index is 362. The maximum absolute atomic E-state index is 5.93. The summed E-state index contributed by atoms with van der Waals surface area (Å²) in [5.41, 5.74) is 2.01. The molecule has 1 aromatic rings. The van der Waals surface area contributed by atoms with E-state index in [0.717, 1.165) is 43.3 Å². The fourth-order valence-corrected chi connectivity index (χ4v) is 1.86. The van der Waals surface area contributed by atoms with Crippen LogP contribution in [0.5, 0.6) is 5.75 Å². The van der Waals surface area contributed by atoms with Crippen LogP contribution >= 0.6 is 0 Å². The topological polar surface area (TPSA) is 43.4 Å². The van der Waals surface area contributed by atoms with Crippen molar-refractivity contribution in [2.24, 2.45) is 0 Å². The molecule has 0 aromatic carbocycles. The number of hydrogen-bond donors (Lipinski definition) is 1. The molecule has 0 bridgehead atoms. The van der Waals surface area contributed by atoms with Crippen LogP contribution in [0.25, 0.3) is 0 Å². The number of rotatable bonds is 5. The molecule has 2 rings (SSSR count). The first-order valence-electron chi connectivity index (χ1n) is 6.21. The third-order valence-corrected chi connectivity index (χ3v) is 2.80. The highest BCUT2D eigenvalue weighted by molar-refractivity contribution is 5.29. The molecule has 0 radical (unpaired) electrons. The summed E-state index contributed by atoms with van der Waals surface area (Å²) < 4.78 is 11.2. The highest BCUT2D eigenvalue weighted by atomic mass is 16.5. The summed E-state index contributed by atoms with van der Waals surface area (Å²) >= 11 is 0. The smallest absolute Gasteiger partial charge is 0.142 e. The van der Waals surface area contributed by atoms with Gasteiger partial charge in [-0.2, -0.15) is 0 Å². The first-order valence-corrected chi connectivity index (χ1v) is 6.21. The minimum Gasteiger partial charge on any atom is -0.486 e. The molecule has 0 aliphatic carbocycles. The van der Waals surface area contributed by atoms with E-state index in [1.54, 1.807) is 0 Å². The Morgan fingerprint density at radius 3 is 3.12 bits per heavy atom. The molecule has 17 heavy (non-hydrogen) atoms.